The van der Waals surface area contributed by atoms with Crippen molar-refractivity contribution in [2.24, 2.45) is 0 Å². The van der Waals surface area contributed by atoms with Crippen molar-refractivity contribution >= 4 is 22.8 Å². The molecule has 0 aliphatic rings. The predicted octanol–water partition coefficient (Wildman–Crippen LogP) is 5.29. The fourth-order valence-electron chi connectivity index (χ4n) is 2.94. The van der Waals surface area contributed by atoms with E-state index in [2.05, 4.69) is 14.7 Å². The van der Waals surface area contributed by atoms with Gasteiger partial charge in [0.05, 0.1) is 5.02 Å². The molecule has 2 aromatic heterocycles. The number of hydrogen-bond donors (Lipinski definition) is 0. The van der Waals surface area contributed by atoms with Crippen LogP contribution in [0.5, 0.6) is 5.75 Å². The van der Waals surface area contributed by atoms with E-state index in [9.17, 15) is 18.0 Å². The van der Waals surface area contributed by atoms with Gasteiger partial charge in [0, 0.05) is 23.4 Å². The van der Waals surface area contributed by atoms with E-state index < -0.39 is 12.1 Å². The van der Waals surface area contributed by atoms with Crippen molar-refractivity contribution in [3.63, 3.8) is 0 Å². The molecule has 0 N–H and O–H groups in total. The summed E-state index contributed by atoms with van der Waals surface area (Å²) in [6, 6.07) is 5.25. The van der Waals surface area contributed by atoms with Crippen LogP contribution in [0.15, 0.2) is 35.3 Å². The van der Waals surface area contributed by atoms with Gasteiger partial charge in [-0.3, -0.25) is 9.36 Å². The Hall–Kier alpha value is -2.61. The van der Waals surface area contributed by atoms with E-state index in [0.29, 0.717) is 34.4 Å². The zero-order valence-corrected chi connectivity index (χ0v) is 16.1. The lowest BCUT2D eigenvalue weighted by atomic mass is 10.0. The molecule has 148 valence electrons. The van der Waals surface area contributed by atoms with Crippen LogP contribution < -0.4 is 10.3 Å². The molecular weight excluding hydrogens is 395 g/mol. The Bertz CT molecular complexity index is 1100. The van der Waals surface area contributed by atoms with Gasteiger partial charge in [0.25, 0.3) is 5.56 Å². The van der Waals surface area contributed by atoms with Crippen LogP contribution in [-0.4, -0.2) is 20.9 Å². The summed E-state index contributed by atoms with van der Waals surface area (Å²) in [6.45, 7) is 5.48. The highest BCUT2D eigenvalue weighted by Gasteiger charge is 2.31. The molecule has 0 amide bonds. The highest BCUT2D eigenvalue weighted by Crippen LogP contribution is 2.35. The Morgan fingerprint density at radius 2 is 1.96 bits per heavy atom. The van der Waals surface area contributed by atoms with E-state index in [0.717, 1.165) is 6.07 Å². The minimum absolute atomic E-state index is 0.0648. The van der Waals surface area contributed by atoms with E-state index in [1.165, 1.54) is 18.3 Å². The molecule has 0 saturated heterocycles. The monoisotopic (exact) mass is 411 g/mol. The molecule has 0 radical (unpaired) electrons. The van der Waals surface area contributed by atoms with Gasteiger partial charge in [-0.1, -0.05) is 18.5 Å². The van der Waals surface area contributed by atoms with Gasteiger partial charge in [-0.2, -0.15) is 0 Å². The number of halogens is 4. The molecule has 5 nitrogen and oxygen atoms in total. The highest BCUT2D eigenvalue weighted by atomic mass is 35.5. The largest absolute Gasteiger partial charge is 0.573 e. The molecule has 3 rings (SSSR count). The summed E-state index contributed by atoms with van der Waals surface area (Å²) in [5, 5.41) is 0.0648. The van der Waals surface area contributed by atoms with E-state index in [1.54, 1.807) is 17.6 Å². The number of fused-ring (bicyclic) bond motifs is 1. The lowest BCUT2D eigenvalue weighted by Crippen LogP contribution is -2.27. The summed E-state index contributed by atoms with van der Waals surface area (Å²) < 4.78 is 42.8. The van der Waals surface area contributed by atoms with Gasteiger partial charge in [-0.25, -0.2) is 9.97 Å². The summed E-state index contributed by atoms with van der Waals surface area (Å²) in [5.74, 6) is -0.416. The summed E-state index contributed by atoms with van der Waals surface area (Å²) >= 11 is 6.23. The van der Waals surface area contributed by atoms with Gasteiger partial charge < -0.3 is 4.74 Å². The van der Waals surface area contributed by atoms with Crippen molar-refractivity contribution in [3.05, 3.63) is 51.5 Å². The third-order valence-electron chi connectivity index (χ3n) is 4.44. The first-order valence-corrected chi connectivity index (χ1v) is 8.93. The first-order valence-electron chi connectivity index (χ1n) is 8.56. The molecule has 28 heavy (non-hydrogen) atoms. The van der Waals surface area contributed by atoms with Crippen LogP contribution in [0.1, 0.15) is 32.0 Å². The normalized spacial score (nSPS) is 13.0. The van der Waals surface area contributed by atoms with Crippen LogP contribution in [0.3, 0.4) is 0 Å². The minimum Gasteiger partial charge on any atom is -0.406 e. The standard InChI is InChI=1S/C19H17ClF3N3O2/c1-4-10(2)26-17-16(25-11(3)18(26)27)14(7-8-24-17)13-6-5-12(9-15(13)20)28-19(21,22)23/h5-10H,4H2,1-3H3/t10-/m1/s1. The maximum atomic E-state index is 12.6. The van der Waals surface area contributed by atoms with Crippen molar-refractivity contribution in [1.82, 2.24) is 14.5 Å². The van der Waals surface area contributed by atoms with Crippen molar-refractivity contribution < 1.29 is 17.9 Å². The van der Waals surface area contributed by atoms with Gasteiger partial charge in [0.2, 0.25) is 0 Å². The molecule has 0 aliphatic heterocycles. The average molecular weight is 412 g/mol. The van der Waals surface area contributed by atoms with E-state index >= 15 is 0 Å². The molecule has 0 fully saturated rings. The first kappa shape index (κ1) is 20.1. The topological polar surface area (TPSA) is 57.0 Å². The number of hydrogen-bond acceptors (Lipinski definition) is 4. The molecular formula is C19H17ClF3N3O2. The lowest BCUT2D eigenvalue weighted by molar-refractivity contribution is -0.274. The van der Waals surface area contributed by atoms with Gasteiger partial charge >= 0.3 is 6.36 Å². The number of aromatic nitrogens is 3. The third-order valence-corrected chi connectivity index (χ3v) is 4.75. The second kappa shape index (κ2) is 7.43. The minimum atomic E-state index is -4.81. The number of alkyl halides is 3. The number of ether oxygens (including phenoxy) is 1. The number of benzene rings is 1. The van der Waals surface area contributed by atoms with Gasteiger partial charge in [-0.15, -0.1) is 13.2 Å². The number of rotatable bonds is 4. The van der Waals surface area contributed by atoms with Crippen LogP contribution >= 0.6 is 11.6 Å². The average Bonchev–Trinajstić information content (AvgIpc) is 2.61. The maximum Gasteiger partial charge on any atom is 0.573 e. The quantitative estimate of drug-likeness (QED) is 0.585. The molecule has 1 atom stereocenters. The van der Waals surface area contributed by atoms with Crippen LogP contribution in [-0.2, 0) is 0 Å². The summed E-state index contributed by atoms with van der Waals surface area (Å²) in [6.07, 6.45) is -2.57. The maximum absolute atomic E-state index is 12.6. The first-order chi connectivity index (χ1) is 13.1. The van der Waals surface area contributed by atoms with Crippen LogP contribution in [0, 0.1) is 6.92 Å². The molecule has 0 bridgehead atoms. The second-order valence-corrected chi connectivity index (χ2v) is 6.76. The SMILES string of the molecule is CC[C@@H](C)n1c(=O)c(C)nc2c(-c3ccc(OC(F)(F)F)cc3Cl)ccnc21. The summed E-state index contributed by atoms with van der Waals surface area (Å²) in [5.41, 5.74) is 1.95. The lowest BCUT2D eigenvalue weighted by Gasteiger charge is -2.18. The highest BCUT2D eigenvalue weighted by molar-refractivity contribution is 6.33. The molecule has 9 heteroatoms. The Kier molecular flexibility index (Phi) is 5.34. The Morgan fingerprint density at radius 1 is 1.25 bits per heavy atom. The third kappa shape index (κ3) is 3.82. The predicted molar refractivity (Wildman–Crippen MR) is 101 cm³/mol. The van der Waals surface area contributed by atoms with Crippen molar-refractivity contribution in [1.29, 1.82) is 0 Å². The summed E-state index contributed by atoms with van der Waals surface area (Å²) in [7, 11) is 0. The molecule has 0 aliphatic carbocycles. The van der Waals surface area contributed by atoms with Crippen molar-refractivity contribution in [3.8, 4) is 16.9 Å². The molecule has 3 aromatic rings. The number of nitrogens with zero attached hydrogens (tertiary/aromatic N) is 3. The zero-order chi connectivity index (χ0) is 20.6. The van der Waals surface area contributed by atoms with Crippen molar-refractivity contribution in [2.75, 3.05) is 0 Å². The smallest absolute Gasteiger partial charge is 0.406 e. The fourth-order valence-corrected chi connectivity index (χ4v) is 3.21. The number of pyridine rings is 1. The van der Waals surface area contributed by atoms with E-state index in [4.69, 9.17) is 11.6 Å². The van der Waals surface area contributed by atoms with Crippen LogP contribution in [0.2, 0.25) is 5.02 Å². The fraction of sp³-hybridized carbons (Fsp3) is 0.316. The molecule has 1 aromatic carbocycles. The zero-order valence-electron chi connectivity index (χ0n) is 15.3. The van der Waals surface area contributed by atoms with Gasteiger partial charge in [-0.05, 0) is 44.5 Å². The molecule has 2 heterocycles. The Morgan fingerprint density at radius 3 is 2.57 bits per heavy atom. The van der Waals surface area contributed by atoms with Crippen molar-refractivity contribution in [2.45, 2.75) is 39.6 Å². The van der Waals surface area contributed by atoms with Gasteiger partial charge in [0.1, 0.15) is 17.0 Å². The second-order valence-electron chi connectivity index (χ2n) is 6.35. The van der Waals surface area contributed by atoms with Crippen LogP contribution in [0.4, 0.5) is 13.2 Å². The Labute approximate surface area is 163 Å². The summed E-state index contributed by atoms with van der Waals surface area (Å²) in [4.78, 5) is 21.3. The van der Waals surface area contributed by atoms with Gasteiger partial charge in [0.15, 0.2) is 5.65 Å². The molecule has 0 saturated carbocycles. The van der Waals surface area contributed by atoms with Crippen LogP contribution in [0.25, 0.3) is 22.3 Å². The molecule has 0 unspecified atom stereocenters. The molecule has 0 spiro atoms. The van der Waals surface area contributed by atoms with E-state index in [1.807, 2.05) is 13.8 Å². The Balaban J connectivity index is 2.22. The van der Waals surface area contributed by atoms with E-state index in [-0.39, 0.29) is 16.6 Å². The number of aryl methyl sites for hydroxylation is 1.